The van der Waals surface area contributed by atoms with Gasteiger partial charge in [0, 0.05) is 37.2 Å². The van der Waals surface area contributed by atoms with Crippen molar-refractivity contribution in [3.63, 3.8) is 0 Å². The van der Waals surface area contributed by atoms with Crippen molar-refractivity contribution < 1.29 is 4.79 Å². The zero-order chi connectivity index (χ0) is 13.7. The lowest BCUT2D eigenvalue weighted by atomic mass is 10.1. The normalized spacial score (nSPS) is 10.2. The first-order valence-corrected chi connectivity index (χ1v) is 6.36. The summed E-state index contributed by atoms with van der Waals surface area (Å²) in [6.45, 7) is 2.90. The van der Waals surface area contributed by atoms with E-state index >= 15 is 0 Å². The summed E-state index contributed by atoms with van der Waals surface area (Å²) in [4.78, 5) is 17.0. The largest absolute Gasteiger partial charge is 0.374 e. The number of anilines is 1. The number of aldehydes is 1. The maximum absolute atomic E-state index is 10.8. The van der Waals surface area contributed by atoms with Crippen LogP contribution in [0.2, 0.25) is 0 Å². The summed E-state index contributed by atoms with van der Waals surface area (Å²) in [5, 5.41) is 0. The summed E-state index contributed by atoms with van der Waals surface area (Å²) >= 11 is 0. The lowest BCUT2D eigenvalue weighted by Crippen LogP contribution is -2.20. The van der Waals surface area contributed by atoms with Gasteiger partial charge in [-0.1, -0.05) is 0 Å². The quantitative estimate of drug-likeness (QED) is 0.769. The van der Waals surface area contributed by atoms with Crippen LogP contribution >= 0.6 is 0 Å². The van der Waals surface area contributed by atoms with Crippen LogP contribution < -0.4 is 4.90 Å². The molecule has 1 aromatic carbocycles. The van der Waals surface area contributed by atoms with Crippen molar-refractivity contribution in [2.24, 2.45) is 0 Å². The number of likely N-dealkylation sites (N-methyl/N-ethyl adjacent to an activating group) is 1. The van der Waals surface area contributed by atoms with Crippen LogP contribution in [0.3, 0.4) is 0 Å². The minimum absolute atomic E-state index is 0.756. The third-order valence-electron chi connectivity index (χ3n) is 3.31. The molecule has 0 N–H and O–H groups in total. The molecule has 1 heterocycles. The van der Waals surface area contributed by atoms with E-state index < -0.39 is 0 Å². The van der Waals surface area contributed by atoms with Gasteiger partial charge in [-0.05, 0) is 54.8 Å². The average Bonchev–Trinajstić information content (AvgIpc) is 2.45. The second-order valence-corrected chi connectivity index (χ2v) is 4.69. The standard InChI is InChI=1S/C16H18N2O/c1-13-11-16(4-3-15(13)12-19)18(2)10-7-14-5-8-17-9-6-14/h3-6,8-9,11-12H,7,10H2,1-2H3. The second-order valence-electron chi connectivity index (χ2n) is 4.69. The molecule has 0 atom stereocenters. The van der Waals surface area contributed by atoms with Crippen molar-refractivity contribution in [3.8, 4) is 0 Å². The maximum atomic E-state index is 10.8. The van der Waals surface area contributed by atoms with Gasteiger partial charge in [-0.2, -0.15) is 0 Å². The molecule has 1 aromatic heterocycles. The van der Waals surface area contributed by atoms with E-state index in [9.17, 15) is 4.79 Å². The van der Waals surface area contributed by atoms with Crippen LogP contribution in [0.1, 0.15) is 21.5 Å². The molecule has 3 heteroatoms. The van der Waals surface area contributed by atoms with E-state index in [0.29, 0.717) is 0 Å². The molecule has 0 aliphatic rings. The molecule has 0 amide bonds. The highest BCUT2D eigenvalue weighted by molar-refractivity contribution is 5.78. The van der Waals surface area contributed by atoms with Crippen molar-refractivity contribution in [2.75, 3.05) is 18.5 Å². The van der Waals surface area contributed by atoms with Gasteiger partial charge in [0.05, 0.1) is 0 Å². The second kappa shape index (κ2) is 6.14. The molecular weight excluding hydrogens is 236 g/mol. The van der Waals surface area contributed by atoms with Crippen molar-refractivity contribution in [1.82, 2.24) is 4.98 Å². The number of hydrogen-bond acceptors (Lipinski definition) is 3. The van der Waals surface area contributed by atoms with Gasteiger partial charge in [-0.15, -0.1) is 0 Å². The van der Waals surface area contributed by atoms with Gasteiger partial charge in [0.25, 0.3) is 0 Å². The van der Waals surface area contributed by atoms with Gasteiger partial charge in [0.15, 0.2) is 0 Å². The number of carbonyl (C=O) groups excluding carboxylic acids is 1. The molecule has 2 aromatic rings. The molecular formula is C16H18N2O. The highest BCUT2D eigenvalue weighted by atomic mass is 16.1. The van der Waals surface area contributed by atoms with Crippen LogP contribution in [0.4, 0.5) is 5.69 Å². The molecule has 0 unspecified atom stereocenters. The number of hydrogen-bond donors (Lipinski definition) is 0. The first-order chi connectivity index (χ1) is 9.20. The molecule has 2 rings (SSSR count). The Morgan fingerprint density at radius 3 is 2.58 bits per heavy atom. The number of rotatable bonds is 5. The third kappa shape index (κ3) is 3.41. The van der Waals surface area contributed by atoms with E-state index in [-0.39, 0.29) is 0 Å². The minimum atomic E-state index is 0.756. The summed E-state index contributed by atoms with van der Waals surface area (Å²) in [6.07, 6.45) is 5.51. The summed E-state index contributed by atoms with van der Waals surface area (Å²) in [7, 11) is 2.07. The van der Waals surface area contributed by atoms with E-state index in [1.807, 2.05) is 43.6 Å². The molecule has 3 nitrogen and oxygen atoms in total. The van der Waals surface area contributed by atoms with E-state index in [1.165, 1.54) is 5.56 Å². The Balaban J connectivity index is 2.02. The minimum Gasteiger partial charge on any atom is -0.374 e. The Hall–Kier alpha value is -2.16. The van der Waals surface area contributed by atoms with E-state index in [0.717, 1.165) is 36.1 Å². The van der Waals surface area contributed by atoms with Crippen LogP contribution in [0, 0.1) is 6.92 Å². The number of pyridine rings is 1. The predicted molar refractivity (Wildman–Crippen MR) is 77.8 cm³/mol. The molecule has 0 aliphatic carbocycles. The van der Waals surface area contributed by atoms with Gasteiger partial charge in [-0.3, -0.25) is 9.78 Å². The topological polar surface area (TPSA) is 33.2 Å². The number of benzene rings is 1. The lowest BCUT2D eigenvalue weighted by molar-refractivity contribution is 0.112. The zero-order valence-corrected chi connectivity index (χ0v) is 11.3. The summed E-state index contributed by atoms with van der Waals surface area (Å²) in [5.41, 5.74) is 4.19. The summed E-state index contributed by atoms with van der Waals surface area (Å²) in [5.74, 6) is 0. The molecule has 0 bridgehead atoms. The Morgan fingerprint density at radius 2 is 1.95 bits per heavy atom. The van der Waals surface area contributed by atoms with E-state index in [1.54, 1.807) is 0 Å². The Bertz CT molecular complexity index is 552. The molecule has 0 saturated heterocycles. The van der Waals surface area contributed by atoms with Gasteiger partial charge >= 0.3 is 0 Å². The van der Waals surface area contributed by atoms with Crippen LogP contribution in [-0.4, -0.2) is 24.9 Å². The monoisotopic (exact) mass is 254 g/mol. The first-order valence-electron chi connectivity index (χ1n) is 6.36. The van der Waals surface area contributed by atoms with Crippen molar-refractivity contribution in [1.29, 1.82) is 0 Å². The van der Waals surface area contributed by atoms with Crippen molar-refractivity contribution in [2.45, 2.75) is 13.3 Å². The van der Waals surface area contributed by atoms with Gasteiger partial charge in [-0.25, -0.2) is 0 Å². The Labute approximate surface area is 113 Å². The van der Waals surface area contributed by atoms with Crippen LogP contribution in [0.5, 0.6) is 0 Å². The third-order valence-corrected chi connectivity index (χ3v) is 3.31. The van der Waals surface area contributed by atoms with Crippen LogP contribution in [0.15, 0.2) is 42.7 Å². The fourth-order valence-corrected chi connectivity index (χ4v) is 2.00. The molecule has 0 aliphatic heterocycles. The highest BCUT2D eigenvalue weighted by Gasteiger charge is 2.04. The lowest BCUT2D eigenvalue weighted by Gasteiger charge is -2.20. The fourth-order valence-electron chi connectivity index (χ4n) is 2.00. The van der Waals surface area contributed by atoms with E-state index in [4.69, 9.17) is 0 Å². The van der Waals surface area contributed by atoms with E-state index in [2.05, 4.69) is 23.0 Å². The SMILES string of the molecule is Cc1cc(N(C)CCc2ccncc2)ccc1C=O. The summed E-state index contributed by atoms with van der Waals surface area (Å²) in [6, 6.07) is 9.99. The Morgan fingerprint density at radius 1 is 1.21 bits per heavy atom. The molecule has 0 saturated carbocycles. The molecule has 19 heavy (non-hydrogen) atoms. The first kappa shape index (κ1) is 13.3. The van der Waals surface area contributed by atoms with Crippen molar-refractivity contribution in [3.05, 3.63) is 59.4 Å². The molecule has 98 valence electrons. The van der Waals surface area contributed by atoms with Gasteiger partial charge < -0.3 is 4.90 Å². The number of aryl methyl sites for hydroxylation is 1. The van der Waals surface area contributed by atoms with Crippen molar-refractivity contribution >= 4 is 12.0 Å². The average molecular weight is 254 g/mol. The number of nitrogens with zero attached hydrogens (tertiary/aromatic N) is 2. The smallest absolute Gasteiger partial charge is 0.150 e. The molecule has 0 fully saturated rings. The fraction of sp³-hybridized carbons (Fsp3) is 0.250. The number of carbonyl (C=O) groups is 1. The zero-order valence-electron chi connectivity index (χ0n) is 11.3. The van der Waals surface area contributed by atoms with Crippen LogP contribution in [0.25, 0.3) is 0 Å². The van der Waals surface area contributed by atoms with Gasteiger partial charge in [0.2, 0.25) is 0 Å². The van der Waals surface area contributed by atoms with Gasteiger partial charge in [0.1, 0.15) is 6.29 Å². The Kier molecular flexibility index (Phi) is 4.29. The van der Waals surface area contributed by atoms with Crippen LogP contribution in [-0.2, 0) is 6.42 Å². The maximum Gasteiger partial charge on any atom is 0.150 e. The summed E-state index contributed by atoms with van der Waals surface area (Å²) < 4.78 is 0. The predicted octanol–water partition coefficient (Wildman–Crippen LogP) is 2.88. The number of aromatic nitrogens is 1. The molecule has 0 radical (unpaired) electrons. The highest BCUT2D eigenvalue weighted by Crippen LogP contribution is 2.17. The molecule has 0 spiro atoms.